The van der Waals surface area contributed by atoms with Crippen molar-refractivity contribution in [3.05, 3.63) is 88.5 Å². The predicted molar refractivity (Wildman–Crippen MR) is 127 cm³/mol. The highest BCUT2D eigenvalue weighted by Crippen LogP contribution is 2.27. The summed E-state index contributed by atoms with van der Waals surface area (Å²) in [5.74, 6) is -0.261. The van der Waals surface area contributed by atoms with Gasteiger partial charge in [-0.15, -0.1) is 11.8 Å². The molecule has 32 heavy (non-hydrogen) atoms. The van der Waals surface area contributed by atoms with Crippen LogP contribution in [0.3, 0.4) is 0 Å². The number of non-ortho nitro benzene ring substituents is 1. The molecule has 1 atom stereocenters. The minimum absolute atomic E-state index is 0.0782. The molecule has 3 rings (SSSR count). The fraction of sp³-hybridized carbons (Fsp3) is 0.130. The number of urea groups is 1. The highest BCUT2D eigenvalue weighted by Gasteiger charge is 2.17. The van der Waals surface area contributed by atoms with Crippen LogP contribution in [-0.2, 0) is 4.79 Å². The summed E-state index contributed by atoms with van der Waals surface area (Å²) in [5.41, 5.74) is 2.39. The molecule has 0 fully saturated rings. The molecule has 0 aliphatic heterocycles. The van der Waals surface area contributed by atoms with Crippen molar-refractivity contribution < 1.29 is 14.5 Å². The number of aryl methyl sites for hydroxylation is 1. The number of amides is 3. The Hall–Kier alpha value is -3.85. The number of benzene rings is 3. The van der Waals surface area contributed by atoms with E-state index in [2.05, 4.69) is 16.0 Å². The smallest absolute Gasteiger partial charge is 0.323 e. The van der Waals surface area contributed by atoms with E-state index >= 15 is 0 Å². The SMILES string of the molecule is Cc1ccc([N+](=O)[O-])cc1NC(=O)C(C)Sc1ccc(NC(=O)Nc2ccccc2)cc1. The third-order valence-electron chi connectivity index (χ3n) is 4.52. The molecule has 8 nitrogen and oxygen atoms in total. The number of hydrogen-bond donors (Lipinski definition) is 3. The maximum absolute atomic E-state index is 12.6. The van der Waals surface area contributed by atoms with Gasteiger partial charge in [0.2, 0.25) is 5.91 Å². The first-order valence-electron chi connectivity index (χ1n) is 9.77. The number of nitrogens with one attached hydrogen (secondary N) is 3. The van der Waals surface area contributed by atoms with Crippen LogP contribution in [0, 0.1) is 17.0 Å². The maximum Gasteiger partial charge on any atom is 0.323 e. The number of nitro benzene ring substituents is 1. The van der Waals surface area contributed by atoms with Gasteiger partial charge in [0.15, 0.2) is 0 Å². The Morgan fingerprint density at radius 2 is 1.53 bits per heavy atom. The largest absolute Gasteiger partial charge is 0.325 e. The molecule has 0 radical (unpaired) electrons. The van der Waals surface area contributed by atoms with E-state index in [1.807, 2.05) is 30.3 Å². The molecule has 3 amide bonds. The maximum atomic E-state index is 12.6. The molecule has 0 aromatic heterocycles. The molecule has 0 aliphatic carbocycles. The van der Waals surface area contributed by atoms with Gasteiger partial charge < -0.3 is 16.0 Å². The van der Waals surface area contributed by atoms with Gasteiger partial charge in [-0.1, -0.05) is 24.3 Å². The zero-order valence-electron chi connectivity index (χ0n) is 17.5. The van der Waals surface area contributed by atoms with Gasteiger partial charge in [-0.05, 0) is 55.8 Å². The summed E-state index contributed by atoms with van der Waals surface area (Å²) in [6.45, 7) is 3.53. The van der Waals surface area contributed by atoms with Gasteiger partial charge in [0.25, 0.3) is 5.69 Å². The van der Waals surface area contributed by atoms with Crippen LogP contribution in [0.15, 0.2) is 77.7 Å². The number of anilines is 3. The Kier molecular flexibility index (Phi) is 7.45. The number of nitro groups is 1. The third-order valence-corrected chi connectivity index (χ3v) is 5.63. The number of hydrogen-bond acceptors (Lipinski definition) is 5. The summed E-state index contributed by atoms with van der Waals surface area (Å²) in [6.07, 6.45) is 0. The highest BCUT2D eigenvalue weighted by molar-refractivity contribution is 8.00. The molecule has 9 heteroatoms. The van der Waals surface area contributed by atoms with Gasteiger partial charge in [0.05, 0.1) is 15.9 Å². The quantitative estimate of drug-likeness (QED) is 0.244. The average molecular weight is 451 g/mol. The lowest BCUT2D eigenvalue weighted by molar-refractivity contribution is -0.384. The molecule has 3 aromatic rings. The Morgan fingerprint density at radius 3 is 2.16 bits per heavy atom. The standard InChI is InChI=1S/C23H22N4O4S/c1-15-8-11-19(27(30)31)14-21(15)26-22(28)16(2)32-20-12-9-18(10-13-20)25-23(29)24-17-6-4-3-5-7-17/h3-14,16H,1-2H3,(H,26,28)(H2,24,25,29). The first-order chi connectivity index (χ1) is 15.3. The first kappa shape index (κ1) is 22.8. The summed E-state index contributed by atoms with van der Waals surface area (Å²) in [5, 5.41) is 18.8. The third kappa shape index (κ3) is 6.32. The number of para-hydroxylation sites is 1. The van der Waals surface area contributed by atoms with Crippen LogP contribution >= 0.6 is 11.8 Å². The van der Waals surface area contributed by atoms with Crippen LogP contribution in [0.4, 0.5) is 27.5 Å². The van der Waals surface area contributed by atoms with Gasteiger partial charge in [-0.2, -0.15) is 0 Å². The molecule has 3 N–H and O–H groups in total. The second-order valence-corrected chi connectivity index (χ2v) is 8.39. The van der Waals surface area contributed by atoms with Crippen molar-refractivity contribution in [1.29, 1.82) is 0 Å². The lowest BCUT2D eigenvalue weighted by Gasteiger charge is -2.14. The van der Waals surface area contributed by atoms with Crippen LogP contribution in [0.25, 0.3) is 0 Å². The van der Waals surface area contributed by atoms with Crippen molar-refractivity contribution in [2.75, 3.05) is 16.0 Å². The predicted octanol–water partition coefficient (Wildman–Crippen LogP) is 5.67. The van der Waals surface area contributed by atoms with Gasteiger partial charge in [0, 0.05) is 28.4 Å². The number of carbonyl (C=O) groups is 2. The van der Waals surface area contributed by atoms with Gasteiger partial charge in [-0.3, -0.25) is 14.9 Å². The number of thioether (sulfide) groups is 1. The molecule has 164 valence electrons. The average Bonchev–Trinajstić information content (AvgIpc) is 2.77. The summed E-state index contributed by atoms with van der Waals surface area (Å²) < 4.78 is 0. The monoisotopic (exact) mass is 450 g/mol. The first-order valence-corrected chi connectivity index (χ1v) is 10.7. The molecule has 0 saturated carbocycles. The van der Waals surface area contributed by atoms with Crippen LogP contribution in [0.1, 0.15) is 12.5 Å². The molecular formula is C23H22N4O4S. The van der Waals surface area contributed by atoms with E-state index in [-0.39, 0.29) is 17.6 Å². The molecule has 0 heterocycles. The normalized spacial score (nSPS) is 11.3. The summed E-state index contributed by atoms with van der Waals surface area (Å²) in [7, 11) is 0. The van der Waals surface area contributed by atoms with Crippen molar-refractivity contribution in [3.63, 3.8) is 0 Å². The molecule has 0 saturated heterocycles. The zero-order chi connectivity index (χ0) is 23.1. The molecule has 0 aliphatic rings. The minimum Gasteiger partial charge on any atom is -0.325 e. The molecular weight excluding hydrogens is 428 g/mol. The fourth-order valence-electron chi connectivity index (χ4n) is 2.78. The number of rotatable bonds is 7. The zero-order valence-corrected chi connectivity index (χ0v) is 18.3. The van der Waals surface area contributed by atoms with Gasteiger partial charge >= 0.3 is 6.03 Å². The summed E-state index contributed by atoms with van der Waals surface area (Å²) in [6, 6.07) is 20.2. The Balaban J connectivity index is 1.55. The Labute approximate surface area is 189 Å². The van der Waals surface area contributed by atoms with Crippen LogP contribution in [0.5, 0.6) is 0 Å². The Morgan fingerprint density at radius 1 is 0.906 bits per heavy atom. The van der Waals surface area contributed by atoms with E-state index < -0.39 is 10.2 Å². The van der Waals surface area contributed by atoms with E-state index in [1.165, 1.54) is 23.9 Å². The topological polar surface area (TPSA) is 113 Å². The van der Waals surface area contributed by atoms with Crippen molar-refractivity contribution in [3.8, 4) is 0 Å². The number of nitrogens with zero attached hydrogens (tertiary/aromatic N) is 1. The van der Waals surface area contributed by atoms with E-state index in [1.54, 1.807) is 44.2 Å². The summed E-state index contributed by atoms with van der Waals surface area (Å²) >= 11 is 1.34. The number of carbonyl (C=O) groups excluding carboxylic acids is 2. The van der Waals surface area contributed by atoms with Gasteiger partial charge in [-0.25, -0.2) is 4.79 Å². The van der Waals surface area contributed by atoms with Crippen LogP contribution in [-0.4, -0.2) is 22.1 Å². The summed E-state index contributed by atoms with van der Waals surface area (Å²) in [4.78, 5) is 36.0. The van der Waals surface area contributed by atoms with Crippen molar-refractivity contribution in [1.82, 2.24) is 0 Å². The van der Waals surface area contributed by atoms with E-state index in [0.29, 0.717) is 17.1 Å². The van der Waals surface area contributed by atoms with Crippen molar-refractivity contribution in [2.45, 2.75) is 24.0 Å². The molecule has 3 aromatic carbocycles. The van der Waals surface area contributed by atoms with E-state index in [9.17, 15) is 19.7 Å². The minimum atomic E-state index is -0.497. The second kappa shape index (κ2) is 10.5. The Bertz CT molecular complexity index is 1120. The van der Waals surface area contributed by atoms with Gasteiger partial charge in [0.1, 0.15) is 0 Å². The second-order valence-electron chi connectivity index (χ2n) is 6.98. The van der Waals surface area contributed by atoms with E-state index in [4.69, 9.17) is 0 Å². The van der Waals surface area contributed by atoms with Crippen molar-refractivity contribution >= 4 is 46.4 Å². The van der Waals surface area contributed by atoms with Crippen LogP contribution < -0.4 is 16.0 Å². The highest BCUT2D eigenvalue weighted by atomic mass is 32.2. The van der Waals surface area contributed by atoms with E-state index in [0.717, 1.165) is 10.5 Å². The fourth-order valence-corrected chi connectivity index (χ4v) is 3.65. The lowest BCUT2D eigenvalue weighted by Crippen LogP contribution is -2.23. The van der Waals surface area contributed by atoms with Crippen LogP contribution in [0.2, 0.25) is 0 Å². The molecule has 0 spiro atoms. The van der Waals surface area contributed by atoms with Crippen molar-refractivity contribution in [2.24, 2.45) is 0 Å². The molecule has 1 unspecified atom stereocenters. The molecule has 0 bridgehead atoms. The lowest BCUT2D eigenvalue weighted by atomic mass is 10.2.